The molecule has 1 N–H and O–H groups in total. The van der Waals surface area contributed by atoms with Gasteiger partial charge < -0.3 is 19.5 Å². The molecule has 1 fully saturated rings. The molecule has 1 aliphatic heterocycles. The molecule has 0 bridgehead atoms. The van der Waals surface area contributed by atoms with Crippen molar-refractivity contribution in [2.45, 2.75) is 19.3 Å². The van der Waals surface area contributed by atoms with Crippen LogP contribution in [0.1, 0.15) is 33.3 Å². The Morgan fingerprint density at radius 1 is 1.08 bits per heavy atom. The molecular weight excluding hydrogens is 530 g/mol. The van der Waals surface area contributed by atoms with Crippen LogP contribution < -0.4 is 15.0 Å². The third-order valence-electron chi connectivity index (χ3n) is 6.63. The van der Waals surface area contributed by atoms with E-state index in [-0.39, 0.29) is 48.1 Å². The first-order valence-corrected chi connectivity index (χ1v) is 12.9. The van der Waals surface area contributed by atoms with Crippen LogP contribution in [0, 0.1) is 18.6 Å². The molecule has 1 atom stereocenters. The zero-order valence-electron chi connectivity index (χ0n) is 21.3. The van der Waals surface area contributed by atoms with Crippen LogP contribution in [-0.2, 0) is 0 Å². The smallest absolute Gasteiger partial charge is 0.275 e. The lowest BCUT2D eigenvalue weighted by Gasteiger charge is -2.21. The molecule has 0 aliphatic carbocycles. The van der Waals surface area contributed by atoms with Gasteiger partial charge in [-0.2, -0.15) is 4.98 Å². The van der Waals surface area contributed by atoms with Crippen LogP contribution in [0.25, 0.3) is 17.2 Å². The number of para-hydroxylation sites is 1. The van der Waals surface area contributed by atoms with Crippen molar-refractivity contribution in [3.63, 3.8) is 0 Å². The topological polar surface area (TPSA) is 107 Å². The highest BCUT2D eigenvalue weighted by Crippen LogP contribution is 2.36. The van der Waals surface area contributed by atoms with Crippen LogP contribution in [0.5, 0.6) is 17.4 Å². The van der Waals surface area contributed by atoms with E-state index in [1.807, 2.05) is 0 Å². The van der Waals surface area contributed by atoms with E-state index in [1.54, 1.807) is 30.5 Å². The number of thiazole rings is 1. The number of likely N-dealkylation sites (tertiary alicyclic amines) is 1. The maximum Gasteiger partial charge on any atom is 0.275 e. The van der Waals surface area contributed by atoms with E-state index in [1.165, 1.54) is 36.5 Å². The molecule has 202 valence electrons. The molecule has 0 saturated carbocycles. The van der Waals surface area contributed by atoms with Crippen molar-refractivity contribution in [1.29, 1.82) is 0 Å². The van der Waals surface area contributed by atoms with E-state index in [0.717, 1.165) is 16.7 Å². The standard InChI is InChI=1S/C27H24F2N4O5S/c1-14-30-18(13-39-14)24-31-25(34)22(27(36)33(24)23-19(37-2)8-5-9-20(23)38-3)26(35)32-11-10-15(12-32)21-16(28)6-4-7-17(21)29/h4-9,13,15,34H,10-12H2,1-3H3. The summed E-state index contributed by atoms with van der Waals surface area (Å²) in [5.74, 6) is -3.12. The Balaban J connectivity index is 1.65. The van der Waals surface area contributed by atoms with Gasteiger partial charge in [0.2, 0.25) is 5.88 Å². The van der Waals surface area contributed by atoms with Gasteiger partial charge in [0.25, 0.3) is 11.5 Å². The summed E-state index contributed by atoms with van der Waals surface area (Å²) in [5, 5.41) is 13.3. The number of methoxy groups -OCH3 is 2. The number of carbonyl (C=O) groups excluding carboxylic acids is 1. The summed E-state index contributed by atoms with van der Waals surface area (Å²) in [7, 11) is 2.84. The van der Waals surface area contributed by atoms with Crippen molar-refractivity contribution in [2.24, 2.45) is 0 Å². The summed E-state index contributed by atoms with van der Waals surface area (Å²) < 4.78 is 40.9. The lowest BCUT2D eigenvalue weighted by Crippen LogP contribution is -2.36. The van der Waals surface area contributed by atoms with Crippen LogP contribution in [0.2, 0.25) is 0 Å². The number of carbonyl (C=O) groups is 1. The molecule has 3 heterocycles. The van der Waals surface area contributed by atoms with Crippen molar-refractivity contribution in [3.05, 3.63) is 79.9 Å². The predicted molar refractivity (Wildman–Crippen MR) is 140 cm³/mol. The van der Waals surface area contributed by atoms with Crippen LogP contribution in [0.3, 0.4) is 0 Å². The maximum atomic E-state index is 14.4. The Labute approximate surface area is 225 Å². The average Bonchev–Trinajstić information content (AvgIpc) is 3.57. The molecule has 4 aromatic rings. The molecule has 39 heavy (non-hydrogen) atoms. The third-order valence-corrected chi connectivity index (χ3v) is 7.41. The largest absolute Gasteiger partial charge is 0.494 e. The molecule has 1 aliphatic rings. The lowest BCUT2D eigenvalue weighted by molar-refractivity contribution is 0.0784. The Morgan fingerprint density at radius 2 is 1.72 bits per heavy atom. The predicted octanol–water partition coefficient (Wildman–Crippen LogP) is 4.30. The third kappa shape index (κ3) is 4.60. The van der Waals surface area contributed by atoms with Crippen molar-refractivity contribution in [1.82, 2.24) is 19.4 Å². The number of halogens is 2. The summed E-state index contributed by atoms with van der Waals surface area (Å²) in [6.45, 7) is 1.86. The van der Waals surface area contributed by atoms with E-state index in [9.17, 15) is 23.5 Å². The Hall–Kier alpha value is -4.32. The molecule has 1 saturated heterocycles. The quantitative estimate of drug-likeness (QED) is 0.379. The molecule has 9 nitrogen and oxygen atoms in total. The Kier molecular flexibility index (Phi) is 7.04. The summed E-state index contributed by atoms with van der Waals surface area (Å²) in [4.78, 5) is 37.6. The van der Waals surface area contributed by atoms with Gasteiger partial charge in [-0.05, 0) is 37.6 Å². The van der Waals surface area contributed by atoms with E-state index >= 15 is 0 Å². The normalized spacial score (nSPS) is 15.0. The monoisotopic (exact) mass is 554 g/mol. The van der Waals surface area contributed by atoms with Crippen LogP contribution in [-0.4, -0.2) is 57.8 Å². The molecule has 2 aromatic carbocycles. The first-order chi connectivity index (χ1) is 18.7. The number of ether oxygens (including phenoxy) is 2. The van der Waals surface area contributed by atoms with Gasteiger partial charge in [-0.1, -0.05) is 12.1 Å². The fourth-order valence-corrected chi connectivity index (χ4v) is 5.42. The first-order valence-electron chi connectivity index (χ1n) is 12.0. The number of hydrogen-bond donors (Lipinski definition) is 1. The second kappa shape index (κ2) is 10.4. The molecule has 2 aromatic heterocycles. The van der Waals surface area contributed by atoms with E-state index < -0.39 is 40.5 Å². The molecule has 1 amide bonds. The number of benzene rings is 2. The molecule has 0 radical (unpaired) electrons. The van der Waals surface area contributed by atoms with Crippen LogP contribution in [0.15, 0.2) is 46.6 Å². The van der Waals surface area contributed by atoms with E-state index in [2.05, 4.69) is 9.97 Å². The van der Waals surface area contributed by atoms with Gasteiger partial charge in [0.15, 0.2) is 11.4 Å². The minimum atomic E-state index is -0.878. The molecule has 0 spiro atoms. The first kappa shape index (κ1) is 26.3. The molecular formula is C27H24F2N4O5S. The van der Waals surface area contributed by atoms with Crippen LogP contribution in [0.4, 0.5) is 8.78 Å². The zero-order chi connectivity index (χ0) is 27.8. The van der Waals surface area contributed by atoms with Gasteiger partial charge in [-0.25, -0.2) is 13.8 Å². The number of hydrogen-bond acceptors (Lipinski definition) is 8. The highest BCUT2D eigenvalue weighted by Gasteiger charge is 2.35. The van der Waals surface area contributed by atoms with Crippen molar-refractivity contribution in [3.8, 4) is 34.6 Å². The second-order valence-electron chi connectivity index (χ2n) is 8.91. The number of rotatable bonds is 6. The minimum Gasteiger partial charge on any atom is -0.494 e. The zero-order valence-corrected chi connectivity index (χ0v) is 22.1. The molecule has 5 rings (SSSR count). The van der Waals surface area contributed by atoms with Crippen LogP contribution >= 0.6 is 11.3 Å². The van der Waals surface area contributed by atoms with Crippen molar-refractivity contribution < 1.29 is 28.2 Å². The summed E-state index contributed by atoms with van der Waals surface area (Å²) in [6.07, 6.45) is 0.280. The number of aryl methyl sites for hydroxylation is 1. The number of nitrogens with zero attached hydrogens (tertiary/aromatic N) is 4. The Bertz CT molecular complexity index is 1590. The van der Waals surface area contributed by atoms with Gasteiger partial charge in [-0.3, -0.25) is 14.2 Å². The molecule has 1 unspecified atom stereocenters. The minimum absolute atomic E-state index is 0.0195. The van der Waals surface area contributed by atoms with Gasteiger partial charge in [0.1, 0.15) is 34.5 Å². The summed E-state index contributed by atoms with van der Waals surface area (Å²) >= 11 is 1.32. The van der Waals surface area contributed by atoms with Crippen molar-refractivity contribution in [2.75, 3.05) is 27.3 Å². The average molecular weight is 555 g/mol. The summed E-state index contributed by atoms with van der Waals surface area (Å²) in [5.41, 5.74) is -1.11. The molecule has 12 heteroatoms. The summed E-state index contributed by atoms with van der Waals surface area (Å²) in [6, 6.07) is 8.50. The second-order valence-corrected chi connectivity index (χ2v) is 9.97. The van der Waals surface area contributed by atoms with E-state index in [0.29, 0.717) is 10.7 Å². The lowest BCUT2D eigenvalue weighted by atomic mass is 9.97. The number of amides is 1. The Morgan fingerprint density at radius 3 is 2.31 bits per heavy atom. The van der Waals surface area contributed by atoms with Gasteiger partial charge >= 0.3 is 0 Å². The fraction of sp³-hybridized carbons (Fsp3) is 0.259. The highest BCUT2D eigenvalue weighted by molar-refractivity contribution is 7.09. The van der Waals surface area contributed by atoms with Gasteiger partial charge in [0.05, 0.1) is 19.2 Å². The maximum absolute atomic E-state index is 14.4. The van der Waals surface area contributed by atoms with E-state index in [4.69, 9.17) is 9.47 Å². The number of aromatic nitrogens is 3. The number of aromatic hydroxyl groups is 1. The highest BCUT2D eigenvalue weighted by atomic mass is 32.1. The van der Waals surface area contributed by atoms with Crippen molar-refractivity contribution >= 4 is 17.2 Å². The SMILES string of the molecule is COc1cccc(OC)c1-n1c(-c2csc(C)n2)nc(O)c(C(=O)N2CCC(c3c(F)cccc3F)C2)c1=O. The fourth-order valence-electron chi connectivity index (χ4n) is 4.83. The van der Waals surface area contributed by atoms with Gasteiger partial charge in [-0.15, -0.1) is 11.3 Å². The van der Waals surface area contributed by atoms with Gasteiger partial charge in [0, 0.05) is 30.0 Å².